The van der Waals surface area contributed by atoms with Crippen LogP contribution in [0.3, 0.4) is 0 Å². The molecule has 8 rings (SSSR count). The van der Waals surface area contributed by atoms with Gasteiger partial charge in [-0.25, -0.2) is 9.97 Å². The summed E-state index contributed by atoms with van der Waals surface area (Å²) in [4.78, 5) is 15.5. The average Bonchev–Trinajstić information content (AvgIpc) is 3.35. The highest BCUT2D eigenvalue weighted by molar-refractivity contribution is 5.96. The van der Waals surface area contributed by atoms with E-state index in [1.165, 1.54) is 36.0 Å². The molecule has 2 aliphatic heterocycles. The number of morpholine rings is 1. The predicted molar refractivity (Wildman–Crippen MR) is 165 cm³/mol. The summed E-state index contributed by atoms with van der Waals surface area (Å²) in [7, 11) is 0. The van der Waals surface area contributed by atoms with E-state index in [1.54, 1.807) is 6.07 Å². The maximum Gasteiger partial charge on any atom is 0.141 e. The SMILES string of the molecule is Cc1ccc(C#N)nc1-c1ccc(-c2c[nH]c3ncc(-c4ccc5c(c4)CC[C@@H](N4C6COCC4C6)CC5)cc23)cc1. The molecule has 0 radical (unpaired) electrons. The molecule has 6 nitrogen and oxygen atoms in total. The summed E-state index contributed by atoms with van der Waals surface area (Å²) in [5, 5.41) is 10.4. The van der Waals surface area contributed by atoms with E-state index in [0.29, 0.717) is 23.8 Å². The third-order valence-corrected chi connectivity index (χ3v) is 9.67. The summed E-state index contributed by atoms with van der Waals surface area (Å²) in [5.41, 5.74) is 11.8. The van der Waals surface area contributed by atoms with Crippen LogP contribution < -0.4 is 0 Å². The van der Waals surface area contributed by atoms with Crippen LogP contribution in [0, 0.1) is 18.3 Å². The second-order valence-corrected chi connectivity index (χ2v) is 12.1. The van der Waals surface area contributed by atoms with Crippen molar-refractivity contribution in [3.05, 3.63) is 95.4 Å². The Morgan fingerprint density at radius 2 is 1.62 bits per heavy atom. The van der Waals surface area contributed by atoms with E-state index in [4.69, 9.17) is 9.72 Å². The Bertz CT molecular complexity index is 1840. The first-order chi connectivity index (χ1) is 20.6. The lowest BCUT2D eigenvalue weighted by atomic mass is 9.87. The van der Waals surface area contributed by atoms with Gasteiger partial charge in [0.1, 0.15) is 17.4 Å². The minimum Gasteiger partial charge on any atom is -0.378 e. The Labute approximate surface area is 246 Å². The molecule has 5 aromatic rings. The van der Waals surface area contributed by atoms with Crippen molar-refractivity contribution in [1.82, 2.24) is 19.9 Å². The lowest BCUT2D eigenvalue weighted by molar-refractivity contribution is -0.148. The minimum atomic E-state index is 0.432. The van der Waals surface area contributed by atoms with Crippen molar-refractivity contribution < 1.29 is 4.74 Å². The van der Waals surface area contributed by atoms with Crippen molar-refractivity contribution in [3.63, 3.8) is 0 Å². The molecule has 0 saturated carbocycles. The molecule has 3 aliphatic rings. The molecule has 1 aliphatic carbocycles. The fourth-order valence-corrected chi connectivity index (χ4v) is 7.42. The quantitative estimate of drug-likeness (QED) is 0.247. The molecule has 2 fully saturated rings. The van der Waals surface area contributed by atoms with Crippen LogP contribution in [0.15, 0.2) is 73.1 Å². The number of aromatic nitrogens is 3. The molecule has 2 unspecified atom stereocenters. The van der Waals surface area contributed by atoms with Crippen molar-refractivity contribution in [2.24, 2.45) is 0 Å². The van der Waals surface area contributed by atoms with Gasteiger partial charge in [-0.05, 0) is 79.0 Å². The number of H-pyrrole nitrogens is 1. The number of hydrogen-bond donors (Lipinski definition) is 1. The zero-order valence-corrected chi connectivity index (χ0v) is 23.8. The molecule has 0 amide bonds. The van der Waals surface area contributed by atoms with Gasteiger partial charge in [0.2, 0.25) is 0 Å². The van der Waals surface area contributed by atoms with Gasteiger partial charge in [-0.1, -0.05) is 48.5 Å². The van der Waals surface area contributed by atoms with Crippen molar-refractivity contribution in [3.8, 4) is 39.6 Å². The highest BCUT2D eigenvalue weighted by Crippen LogP contribution is 2.38. The van der Waals surface area contributed by atoms with Gasteiger partial charge >= 0.3 is 0 Å². The van der Waals surface area contributed by atoms with E-state index in [2.05, 4.69) is 69.5 Å². The summed E-state index contributed by atoms with van der Waals surface area (Å²) >= 11 is 0. The molecule has 5 heterocycles. The van der Waals surface area contributed by atoms with Gasteiger partial charge in [-0.2, -0.15) is 5.26 Å². The first kappa shape index (κ1) is 25.4. The largest absolute Gasteiger partial charge is 0.378 e. The fourth-order valence-electron chi connectivity index (χ4n) is 7.42. The third-order valence-electron chi connectivity index (χ3n) is 9.67. The number of nitrogens with zero attached hydrogens (tertiary/aromatic N) is 4. The summed E-state index contributed by atoms with van der Waals surface area (Å²) in [6.07, 6.45) is 10.1. The monoisotopic (exact) mass is 551 g/mol. The standard InChI is InChI=1S/C36H33N5O/c1-22-2-11-29(17-37)40-35(22)25-6-4-24(5-7-25)34-19-39-36-33(34)15-28(18-38-36)27-8-3-23-9-12-30(13-10-26(23)14-27)41-31-16-32(41)21-42-20-31/h2-8,11,14-15,18-19,30-32H,9-10,12-13,16,20-21H2,1H3,(H,38,39)/t30-,31?,32?/m0/s1. The molecule has 2 saturated heterocycles. The number of benzene rings is 2. The maximum absolute atomic E-state index is 9.29. The molecular formula is C36H33N5O. The van der Waals surface area contributed by atoms with Crippen molar-refractivity contribution in [1.29, 1.82) is 5.26 Å². The maximum atomic E-state index is 9.29. The molecular weight excluding hydrogens is 518 g/mol. The lowest BCUT2D eigenvalue weighted by Gasteiger charge is -2.56. The molecule has 208 valence electrons. The Morgan fingerprint density at radius 3 is 2.40 bits per heavy atom. The van der Waals surface area contributed by atoms with Crippen LogP contribution >= 0.6 is 0 Å². The van der Waals surface area contributed by atoms with Gasteiger partial charge in [0.15, 0.2) is 0 Å². The van der Waals surface area contributed by atoms with E-state index in [-0.39, 0.29) is 0 Å². The first-order valence-corrected chi connectivity index (χ1v) is 15.1. The molecule has 3 aromatic heterocycles. The third kappa shape index (κ3) is 4.32. The van der Waals surface area contributed by atoms with Crippen LogP contribution in [0.1, 0.15) is 41.6 Å². The Balaban J connectivity index is 1.06. The zero-order chi connectivity index (χ0) is 28.2. The highest BCUT2D eigenvalue weighted by atomic mass is 16.5. The Hall–Kier alpha value is -4.31. The number of aryl methyl sites for hydroxylation is 3. The van der Waals surface area contributed by atoms with E-state index < -0.39 is 0 Å². The number of hydrogen-bond acceptors (Lipinski definition) is 5. The number of rotatable bonds is 4. The minimum absolute atomic E-state index is 0.432. The van der Waals surface area contributed by atoms with Crippen LogP contribution in [-0.2, 0) is 17.6 Å². The van der Waals surface area contributed by atoms with Gasteiger partial charge in [-0.15, -0.1) is 0 Å². The van der Waals surface area contributed by atoms with Gasteiger partial charge in [0, 0.05) is 52.6 Å². The van der Waals surface area contributed by atoms with E-state index in [0.717, 1.165) is 70.6 Å². The topological polar surface area (TPSA) is 77.8 Å². The number of nitriles is 1. The van der Waals surface area contributed by atoms with E-state index >= 15 is 0 Å². The second-order valence-electron chi connectivity index (χ2n) is 12.1. The van der Waals surface area contributed by atoms with E-state index in [1.807, 2.05) is 25.4 Å². The molecule has 2 aromatic carbocycles. The van der Waals surface area contributed by atoms with Crippen LogP contribution in [0.4, 0.5) is 0 Å². The van der Waals surface area contributed by atoms with Gasteiger partial charge in [0.05, 0.1) is 18.9 Å². The molecule has 6 heteroatoms. The van der Waals surface area contributed by atoms with Crippen molar-refractivity contribution in [2.75, 3.05) is 13.2 Å². The fraction of sp³-hybridized carbons (Fsp3) is 0.306. The number of pyridine rings is 2. The van der Waals surface area contributed by atoms with Crippen LogP contribution in [0.25, 0.3) is 44.5 Å². The molecule has 0 spiro atoms. The second kappa shape index (κ2) is 10.2. The lowest BCUT2D eigenvalue weighted by Crippen LogP contribution is -2.66. The summed E-state index contributed by atoms with van der Waals surface area (Å²) in [6, 6.07) is 25.6. The average molecular weight is 552 g/mol. The molecule has 42 heavy (non-hydrogen) atoms. The summed E-state index contributed by atoms with van der Waals surface area (Å²) in [5.74, 6) is 0. The number of aromatic amines is 1. The molecule has 1 N–H and O–H groups in total. The zero-order valence-electron chi connectivity index (χ0n) is 23.8. The number of nitrogens with one attached hydrogen (secondary N) is 1. The van der Waals surface area contributed by atoms with Crippen molar-refractivity contribution in [2.45, 2.75) is 57.2 Å². The smallest absolute Gasteiger partial charge is 0.141 e. The number of fused-ring (bicyclic) bond motifs is 4. The predicted octanol–water partition coefficient (Wildman–Crippen LogP) is 6.86. The van der Waals surface area contributed by atoms with Gasteiger partial charge < -0.3 is 9.72 Å². The van der Waals surface area contributed by atoms with Gasteiger partial charge in [-0.3, -0.25) is 4.90 Å². The normalized spacial score (nSPS) is 21.8. The van der Waals surface area contributed by atoms with Crippen LogP contribution in [0.5, 0.6) is 0 Å². The highest BCUT2D eigenvalue weighted by Gasteiger charge is 2.45. The molecule has 2 bridgehead atoms. The summed E-state index contributed by atoms with van der Waals surface area (Å²) < 4.78 is 5.75. The number of ether oxygens (including phenoxy) is 1. The summed E-state index contributed by atoms with van der Waals surface area (Å²) in [6.45, 7) is 3.85. The van der Waals surface area contributed by atoms with Crippen LogP contribution in [-0.4, -0.2) is 51.2 Å². The van der Waals surface area contributed by atoms with Crippen molar-refractivity contribution >= 4 is 11.0 Å². The Morgan fingerprint density at radius 1 is 0.857 bits per heavy atom. The first-order valence-electron chi connectivity index (χ1n) is 15.1. The van der Waals surface area contributed by atoms with E-state index in [9.17, 15) is 5.26 Å². The Kier molecular flexibility index (Phi) is 6.17. The van der Waals surface area contributed by atoms with Crippen LogP contribution in [0.2, 0.25) is 0 Å². The molecule has 3 atom stereocenters. The van der Waals surface area contributed by atoms with Gasteiger partial charge in [0.25, 0.3) is 0 Å².